The van der Waals surface area contributed by atoms with Gasteiger partial charge in [-0.2, -0.15) is 0 Å². The maximum absolute atomic E-state index is 14.5. The summed E-state index contributed by atoms with van der Waals surface area (Å²) in [7, 11) is -4.47. The van der Waals surface area contributed by atoms with E-state index in [0.717, 1.165) is 18.2 Å². The quantitative estimate of drug-likeness (QED) is 0.409. The molecule has 0 saturated carbocycles. The molecule has 0 saturated heterocycles. The Morgan fingerprint density at radius 1 is 0.778 bits per heavy atom. The molecule has 0 atom stereocenters. The molecular weight excluding hydrogens is 491 g/mol. The molecule has 0 spiro atoms. The Hall–Kier alpha value is -4.25. The van der Waals surface area contributed by atoms with Crippen molar-refractivity contribution in [2.45, 2.75) is 18.7 Å². The Balaban J connectivity index is 1.83. The molecule has 0 aliphatic rings. The van der Waals surface area contributed by atoms with Gasteiger partial charge in [0.05, 0.1) is 24.3 Å². The van der Waals surface area contributed by atoms with E-state index >= 15 is 0 Å². The summed E-state index contributed by atoms with van der Waals surface area (Å²) in [5.74, 6) is -3.01. The van der Waals surface area contributed by atoms with E-state index in [1.54, 1.807) is 13.8 Å². The molecule has 0 unspecified atom stereocenters. The van der Waals surface area contributed by atoms with Gasteiger partial charge in [0.25, 0.3) is 15.9 Å². The minimum Gasteiger partial charge on any atom is -0.462 e. The number of halogens is 1. The number of benzene rings is 3. The predicted octanol–water partition coefficient (Wildman–Crippen LogP) is 4.23. The summed E-state index contributed by atoms with van der Waals surface area (Å²) >= 11 is 0. The maximum atomic E-state index is 14.5. The van der Waals surface area contributed by atoms with E-state index < -0.39 is 38.6 Å². The molecule has 3 aromatic rings. The second kappa shape index (κ2) is 11.5. The maximum Gasteiger partial charge on any atom is 0.338 e. The van der Waals surface area contributed by atoms with Crippen LogP contribution in [0.2, 0.25) is 0 Å². The van der Waals surface area contributed by atoms with Crippen LogP contribution in [0.15, 0.2) is 71.6 Å². The van der Waals surface area contributed by atoms with Crippen molar-refractivity contribution in [1.29, 1.82) is 0 Å². The Labute approximate surface area is 207 Å². The standard InChI is InChI=1S/C25H23FN2O7S/c1-3-34-24(30)17-7-5-9-19(13-17)27-23(29)16-11-12-21(26)22(15-16)36(32,33)28-20-10-6-8-18(14-20)25(31)35-4-2/h5-15,28H,3-4H2,1-2H3,(H,27,29). The Kier molecular flexibility index (Phi) is 8.38. The van der Waals surface area contributed by atoms with E-state index in [1.807, 2.05) is 0 Å². The zero-order valence-electron chi connectivity index (χ0n) is 19.4. The third-order valence-corrected chi connectivity index (χ3v) is 6.14. The molecule has 2 N–H and O–H groups in total. The lowest BCUT2D eigenvalue weighted by Crippen LogP contribution is -2.18. The van der Waals surface area contributed by atoms with Crippen molar-refractivity contribution in [2.75, 3.05) is 23.3 Å². The van der Waals surface area contributed by atoms with E-state index in [2.05, 4.69) is 10.0 Å². The number of rotatable bonds is 9. The van der Waals surface area contributed by atoms with Crippen LogP contribution in [0.5, 0.6) is 0 Å². The van der Waals surface area contributed by atoms with E-state index in [4.69, 9.17) is 9.47 Å². The number of esters is 2. The van der Waals surface area contributed by atoms with Crippen molar-refractivity contribution in [2.24, 2.45) is 0 Å². The van der Waals surface area contributed by atoms with Crippen molar-refractivity contribution < 1.29 is 36.7 Å². The van der Waals surface area contributed by atoms with Crippen molar-refractivity contribution in [3.8, 4) is 0 Å². The lowest BCUT2D eigenvalue weighted by Gasteiger charge is -2.12. The van der Waals surface area contributed by atoms with Crippen molar-refractivity contribution in [3.63, 3.8) is 0 Å². The van der Waals surface area contributed by atoms with Crippen LogP contribution in [0, 0.1) is 5.82 Å². The molecule has 0 aromatic heterocycles. The zero-order chi connectivity index (χ0) is 26.3. The fourth-order valence-corrected chi connectivity index (χ4v) is 4.28. The van der Waals surface area contributed by atoms with E-state index in [9.17, 15) is 27.2 Å². The van der Waals surface area contributed by atoms with E-state index in [1.165, 1.54) is 48.5 Å². The van der Waals surface area contributed by atoms with Crippen LogP contribution in [0.25, 0.3) is 0 Å². The van der Waals surface area contributed by atoms with Gasteiger partial charge in [-0.1, -0.05) is 12.1 Å². The minimum atomic E-state index is -4.47. The zero-order valence-corrected chi connectivity index (χ0v) is 20.2. The number of sulfonamides is 1. The largest absolute Gasteiger partial charge is 0.462 e. The van der Waals surface area contributed by atoms with Gasteiger partial charge >= 0.3 is 11.9 Å². The molecule has 3 aromatic carbocycles. The number of carbonyl (C=O) groups excluding carboxylic acids is 3. The lowest BCUT2D eigenvalue weighted by molar-refractivity contribution is 0.0517. The first kappa shape index (κ1) is 26.4. The summed E-state index contributed by atoms with van der Waals surface area (Å²) in [5, 5.41) is 2.54. The fourth-order valence-electron chi connectivity index (χ4n) is 3.13. The van der Waals surface area contributed by atoms with Gasteiger partial charge in [0.15, 0.2) is 0 Å². The summed E-state index contributed by atoms with van der Waals surface area (Å²) in [4.78, 5) is 35.8. The highest BCUT2D eigenvalue weighted by molar-refractivity contribution is 7.92. The van der Waals surface area contributed by atoms with E-state index in [-0.39, 0.29) is 41.3 Å². The van der Waals surface area contributed by atoms with Gasteiger partial charge in [0.1, 0.15) is 10.7 Å². The highest BCUT2D eigenvalue weighted by Crippen LogP contribution is 2.22. The third kappa shape index (κ3) is 6.45. The van der Waals surface area contributed by atoms with Gasteiger partial charge in [-0.05, 0) is 68.4 Å². The van der Waals surface area contributed by atoms with Crippen LogP contribution in [0.3, 0.4) is 0 Å². The summed E-state index contributed by atoms with van der Waals surface area (Å²) in [6.07, 6.45) is 0. The Bertz CT molecular complexity index is 1410. The van der Waals surface area contributed by atoms with Crippen LogP contribution in [0.4, 0.5) is 15.8 Å². The number of nitrogens with one attached hydrogen (secondary N) is 2. The van der Waals surface area contributed by atoms with Gasteiger partial charge in [0, 0.05) is 16.9 Å². The molecule has 1 amide bonds. The van der Waals surface area contributed by atoms with Crippen LogP contribution >= 0.6 is 0 Å². The van der Waals surface area contributed by atoms with Crippen LogP contribution in [0.1, 0.15) is 44.9 Å². The number of hydrogen-bond donors (Lipinski definition) is 2. The molecule has 36 heavy (non-hydrogen) atoms. The Morgan fingerprint density at radius 3 is 1.92 bits per heavy atom. The molecule has 11 heteroatoms. The fraction of sp³-hybridized carbons (Fsp3) is 0.160. The minimum absolute atomic E-state index is 0.00517. The molecule has 188 valence electrons. The predicted molar refractivity (Wildman–Crippen MR) is 130 cm³/mol. The summed E-state index contributed by atoms with van der Waals surface area (Å²) in [5.41, 5.74) is 0.444. The smallest absolute Gasteiger partial charge is 0.338 e. The SMILES string of the molecule is CCOC(=O)c1cccc(NC(=O)c2ccc(F)c(S(=O)(=O)Nc3cccc(C(=O)OCC)c3)c2)c1. The van der Waals surface area contributed by atoms with E-state index in [0.29, 0.717) is 0 Å². The molecule has 0 aliphatic heterocycles. The van der Waals surface area contributed by atoms with Crippen molar-refractivity contribution in [3.05, 3.63) is 89.2 Å². The number of anilines is 2. The summed E-state index contributed by atoms with van der Waals surface area (Å²) < 4.78 is 52.3. The van der Waals surface area contributed by atoms with Crippen molar-refractivity contribution in [1.82, 2.24) is 0 Å². The van der Waals surface area contributed by atoms with Crippen LogP contribution in [-0.4, -0.2) is 39.5 Å². The molecule has 0 bridgehead atoms. The first-order valence-electron chi connectivity index (χ1n) is 10.8. The number of ether oxygens (including phenoxy) is 2. The second-order valence-corrected chi connectivity index (χ2v) is 8.96. The highest BCUT2D eigenvalue weighted by atomic mass is 32.2. The average Bonchev–Trinajstić information content (AvgIpc) is 2.84. The van der Waals surface area contributed by atoms with Crippen LogP contribution in [-0.2, 0) is 19.5 Å². The van der Waals surface area contributed by atoms with Crippen LogP contribution < -0.4 is 10.0 Å². The molecular formula is C25H23FN2O7S. The monoisotopic (exact) mass is 514 g/mol. The summed E-state index contributed by atoms with van der Waals surface area (Å²) in [6.45, 7) is 3.62. The first-order chi connectivity index (χ1) is 17.1. The number of carbonyl (C=O) groups is 3. The van der Waals surface area contributed by atoms with Gasteiger partial charge < -0.3 is 14.8 Å². The normalized spacial score (nSPS) is 10.9. The lowest BCUT2D eigenvalue weighted by atomic mass is 10.1. The molecule has 9 nitrogen and oxygen atoms in total. The molecule has 0 aliphatic carbocycles. The molecule has 3 rings (SSSR count). The first-order valence-corrected chi connectivity index (χ1v) is 12.3. The molecule has 0 fully saturated rings. The van der Waals surface area contributed by atoms with Crippen molar-refractivity contribution >= 4 is 39.2 Å². The summed E-state index contributed by atoms with van der Waals surface area (Å²) in [6, 6.07) is 14.4. The van der Waals surface area contributed by atoms with Gasteiger partial charge in [-0.15, -0.1) is 0 Å². The van der Waals surface area contributed by atoms with Gasteiger partial charge in [-0.3, -0.25) is 9.52 Å². The van der Waals surface area contributed by atoms with Gasteiger partial charge in [-0.25, -0.2) is 22.4 Å². The topological polar surface area (TPSA) is 128 Å². The number of amides is 1. The Morgan fingerprint density at radius 2 is 1.33 bits per heavy atom. The number of hydrogen-bond acceptors (Lipinski definition) is 7. The second-order valence-electron chi connectivity index (χ2n) is 7.31. The molecule has 0 radical (unpaired) electrons. The van der Waals surface area contributed by atoms with Gasteiger partial charge in [0.2, 0.25) is 0 Å². The molecule has 0 heterocycles. The third-order valence-electron chi connectivity index (χ3n) is 4.74. The highest BCUT2D eigenvalue weighted by Gasteiger charge is 2.22. The average molecular weight is 515 g/mol.